The van der Waals surface area contributed by atoms with Crippen LogP contribution in [0.3, 0.4) is 0 Å². The second-order valence-electron chi connectivity index (χ2n) is 8.16. The molecule has 0 radical (unpaired) electrons. The third kappa shape index (κ3) is 5.07. The van der Waals surface area contributed by atoms with E-state index >= 15 is 0 Å². The van der Waals surface area contributed by atoms with Crippen LogP contribution in [-0.2, 0) is 14.4 Å². The molecule has 6 heteroatoms. The highest BCUT2D eigenvalue weighted by molar-refractivity contribution is 5.97. The molecule has 1 aliphatic heterocycles. The molecular weight excluding hydrogens is 332 g/mol. The molecule has 2 atom stereocenters. The number of hydrogen-bond acceptors (Lipinski definition) is 3. The Labute approximate surface area is 154 Å². The first-order valence-corrected chi connectivity index (χ1v) is 9.01. The fourth-order valence-corrected chi connectivity index (χ4v) is 3.15. The molecule has 2 rings (SSSR count). The van der Waals surface area contributed by atoms with Crippen LogP contribution in [0.2, 0.25) is 0 Å². The Balaban J connectivity index is 2.08. The van der Waals surface area contributed by atoms with Gasteiger partial charge in [-0.25, -0.2) is 0 Å². The van der Waals surface area contributed by atoms with Crippen LogP contribution in [-0.4, -0.2) is 40.4 Å². The number of carboxylic acids is 1. The summed E-state index contributed by atoms with van der Waals surface area (Å²) >= 11 is 0. The molecule has 2 unspecified atom stereocenters. The van der Waals surface area contributed by atoms with Crippen molar-refractivity contribution >= 4 is 23.5 Å². The van der Waals surface area contributed by atoms with E-state index in [4.69, 9.17) is 5.11 Å². The van der Waals surface area contributed by atoms with Gasteiger partial charge in [0.05, 0.1) is 5.92 Å². The van der Waals surface area contributed by atoms with Crippen LogP contribution in [0.25, 0.3) is 0 Å². The molecule has 0 bridgehead atoms. The van der Waals surface area contributed by atoms with Gasteiger partial charge in [0.2, 0.25) is 11.8 Å². The average molecular weight is 360 g/mol. The van der Waals surface area contributed by atoms with Gasteiger partial charge in [0.15, 0.2) is 0 Å². The van der Waals surface area contributed by atoms with E-state index < -0.39 is 17.9 Å². The number of carbonyl (C=O) groups is 3. The van der Waals surface area contributed by atoms with Gasteiger partial charge in [0.1, 0.15) is 6.04 Å². The van der Waals surface area contributed by atoms with Crippen molar-refractivity contribution in [1.29, 1.82) is 0 Å². The molecule has 0 aromatic heterocycles. The van der Waals surface area contributed by atoms with E-state index in [0.29, 0.717) is 30.6 Å². The van der Waals surface area contributed by atoms with Gasteiger partial charge in [-0.3, -0.25) is 14.4 Å². The number of nitrogens with zero attached hydrogens (tertiary/aromatic N) is 1. The summed E-state index contributed by atoms with van der Waals surface area (Å²) in [5, 5.41) is 12.0. The van der Waals surface area contributed by atoms with Crippen molar-refractivity contribution in [3.63, 3.8) is 0 Å². The summed E-state index contributed by atoms with van der Waals surface area (Å²) in [7, 11) is 0. The summed E-state index contributed by atoms with van der Waals surface area (Å²) in [4.78, 5) is 38.0. The Bertz CT molecular complexity index is 693. The molecule has 6 nitrogen and oxygen atoms in total. The number of hydrogen-bond donors (Lipinski definition) is 2. The summed E-state index contributed by atoms with van der Waals surface area (Å²) in [6.45, 7) is 8.22. The van der Waals surface area contributed by atoms with Crippen molar-refractivity contribution in [2.45, 2.75) is 58.9 Å². The van der Waals surface area contributed by atoms with Gasteiger partial charge in [0, 0.05) is 18.7 Å². The number of benzene rings is 1. The molecule has 0 saturated carbocycles. The first-order chi connectivity index (χ1) is 12.1. The number of aliphatic carboxylic acids is 1. The van der Waals surface area contributed by atoms with Crippen LogP contribution in [0, 0.1) is 5.41 Å². The fourth-order valence-electron chi connectivity index (χ4n) is 3.15. The molecule has 1 heterocycles. The number of rotatable bonds is 5. The van der Waals surface area contributed by atoms with Crippen LogP contribution in [0.1, 0.15) is 58.4 Å². The fraction of sp³-hybridized carbons (Fsp3) is 0.550. The first kappa shape index (κ1) is 19.9. The molecule has 1 aromatic carbocycles. The predicted octanol–water partition coefficient (Wildman–Crippen LogP) is 3.24. The Hall–Kier alpha value is -2.37. The second-order valence-corrected chi connectivity index (χ2v) is 8.16. The van der Waals surface area contributed by atoms with E-state index in [1.165, 1.54) is 0 Å². The third-order valence-corrected chi connectivity index (χ3v) is 4.58. The normalized spacial score (nSPS) is 18.5. The van der Waals surface area contributed by atoms with Crippen LogP contribution >= 0.6 is 0 Å². The lowest BCUT2D eigenvalue weighted by atomic mass is 9.91. The number of amides is 2. The van der Waals surface area contributed by atoms with Gasteiger partial charge in [0.25, 0.3) is 0 Å². The molecule has 0 aliphatic carbocycles. The molecule has 1 fully saturated rings. The maximum absolute atomic E-state index is 12.7. The molecule has 1 aromatic rings. The summed E-state index contributed by atoms with van der Waals surface area (Å²) in [6.07, 6.45) is 1.86. The highest BCUT2D eigenvalue weighted by atomic mass is 16.4. The molecule has 0 spiro atoms. The molecule has 1 saturated heterocycles. The standard InChI is InChI=1S/C20H28N2O4/c1-13(19(25)26)14-7-5-8-15(11-14)21-18(24)16-9-6-10-22(16)17(23)12-20(2,3)4/h5,7-8,11,13,16H,6,9-10,12H2,1-4H3,(H,21,24)(H,25,26). The molecule has 142 valence electrons. The predicted molar refractivity (Wildman–Crippen MR) is 99.9 cm³/mol. The summed E-state index contributed by atoms with van der Waals surface area (Å²) < 4.78 is 0. The van der Waals surface area contributed by atoms with E-state index in [1.54, 1.807) is 36.1 Å². The Morgan fingerprint density at radius 2 is 2.00 bits per heavy atom. The summed E-state index contributed by atoms with van der Waals surface area (Å²) in [5.74, 6) is -1.78. The lowest BCUT2D eigenvalue weighted by Crippen LogP contribution is -2.44. The molecule has 2 amide bonds. The second kappa shape index (κ2) is 7.89. The summed E-state index contributed by atoms with van der Waals surface area (Å²) in [6, 6.07) is 6.38. The van der Waals surface area contributed by atoms with Gasteiger partial charge in [-0.15, -0.1) is 0 Å². The monoisotopic (exact) mass is 360 g/mol. The molecular formula is C20H28N2O4. The highest BCUT2D eigenvalue weighted by Crippen LogP contribution is 2.26. The summed E-state index contributed by atoms with van der Waals surface area (Å²) in [5.41, 5.74) is 1.06. The zero-order chi connectivity index (χ0) is 19.5. The minimum absolute atomic E-state index is 0.00315. The topological polar surface area (TPSA) is 86.7 Å². The van der Waals surface area contributed by atoms with Gasteiger partial charge >= 0.3 is 5.97 Å². The molecule has 2 N–H and O–H groups in total. The van der Waals surface area contributed by atoms with Crippen molar-refractivity contribution in [3.05, 3.63) is 29.8 Å². The van der Waals surface area contributed by atoms with Crippen molar-refractivity contribution in [3.8, 4) is 0 Å². The van der Waals surface area contributed by atoms with Crippen molar-refractivity contribution in [2.24, 2.45) is 5.41 Å². The molecule has 1 aliphatic rings. The number of nitrogens with one attached hydrogen (secondary N) is 1. The van der Waals surface area contributed by atoms with Crippen LogP contribution in [0.15, 0.2) is 24.3 Å². The minimum Gasteiger partial charge on any atom is -0.481 e. The average Bonchev–Trinajstić information content (AvgIpc) is 3.02. The Kier molecular flexibility index (Phi) is 6.05. The maximum atomic E-state index is 12.7. The van der Waals surface area contributed by atoms with E-state index in [1.807, 2.05) is 20.8 Å². The number of anilines is 1. The van der Waals surface area contributed by atoms with Gasteiger partial charge < -0.3 is 15.3 Å². The van der Waals surface area contributed by atoms with Gasteiger partial charge in [-0.2, -0.15) is 0 Å². The van der Waals surface area contributed by atoms with Crippen molar-refractivity contribution in [2.75, 3.05) is 11.9 Å². The van der Waals surface area contributed by atoms with Gasteiger partial charge in [-0.05, 0) is 42.9 Å². The third-order valence-electron chi connectivity index (χ3n) is 4.58. The highest BCUT2D eigenvalue weighted by Gasteiger charge is 2.35. The van der Waals surface area contributed by atoms with Crippen LogP contribution < -0.4 is 5.32 Å². The van der Waals surface area contributed by atoms with E-state index in [9.17, 15) is 14.4 Å². The Morgan fingerprint density at radius 3 is 2.62 bits per heavy atom. The van der Waals surface area contributed by atoms with E-state index in [0.717, 1.165) is 6.42 Å². The zero-order valence-electron chi connectivity index (χ0n) is 15.9. The Morgan fingerprint density at radius 1 is 1.31 bits per heavy atom. The zero-order valence-corrected chi connectivity index (χ0v) is 15.9. The minimum atomic E-state index is -0.914. The lowest BCUT2D eigenvalue weighted by molar-refractivity contribution is -0.138. The van der Waals surface area contributed by atoms with Crippen LogP contribution in [0.5, 0.6) is 0 Å². The first-order valence-electron chi connectivity index (χ1n) is 9.01. The van der Waals surface area contributed by atoms with E-state index in [2.05, 4.69) is 5.32 Å². The molecule has 26 heavy (non-hydrogen) atoms. The number of likely N-dealkylation sites (tertiary alicyclic amines) is 1. The van der Waals surface area contributed by atoms with Crippen molar-refractivity contribution < 1.29 is 19.5 Å². The van der Waals surface area contributed by atoms with E-state index in [-0.39, 0.29) is 17.2 Å². The van der Waals surface area contributed by atoms with Crippen LogP contribution in [0.4, 0.5) is 5.69 Å². The largest absolute Gasteiger partial charge is 0.481 e. The number of carboxylic acid groups (broad SMARTS) is 1. The lowest BCUT2D eigenvalue weighted by Gasteiger charge is -2.27. The van der Waals surface area contributed by atoms with Crippen molar-refractivity contribution in [1.82, 2.24) is 4.90 Å². The smallest absolute Gasteiger partial charge is 0.310 e. The number of carbonyl (C=O) groups excluding carboxylic acids is 2. The van der Waals surface area contributed by atoms with Gasteiger partial charge in [-0.1, -0.05) is 32.9 Å². The maximum Gasteiger partial charge on any atom is 0.310 e. The SMILES string of the molecule is CC(C(=O)O)c1cccc(NC(=O)C2CCCN2C(=O)CC(C)(C)C)c1. The quantitative estimate of drug-likeness (QED) is 0.844.